The number of benzene rings is 2. The molecule has 0 radical (unpaired) electrons. The molecular formula is C18H19N5O2. The lowest BCUT2D eigenvalue weighted by atomic mass is 10.2. The molecule has 2 amide bonds. The van der Waals surface area contributed by atoms with Gasteiger partial charge in [0.15, 0.2) is 0 Å². The maximum atomic E-state index is 12.5. The number of nitrogens with one attached hydrogen (secondary N) is 1. The second-order valence-corrected chi connectivity index (χ2v) is 5.64. The third-order valence-corrected chi connectivity index (χ3v) is 3.94. The Morgan fingerprint density at radius 2 is 1.84 bits per heavy atom. The van der Waals surface area contributed by atoms with Crippen molar-refractivity contribution in [2.75, 3.05) is 17.3 Å². The van der Waals surface area contributed by atoms with Gasteiger partial charge in [0, 0.05) is 24.8 Å². The van der Waals surface area contributed by atoms with E-state index in [4.69, 9.17) is 0 Å². The van der Waals surface area contributed by atoms with Gasteiger partial charge in [0.2, 0.25) is 11.8 Å². The van der Waals surface area contributed by atoms with E-state index in [1.807, 2.05) is 24.3 Å². The van der Waals surface area contributed by atoms with E-state index < -0.39 is 0 Å². The third kappa shape index (κ3) is 3.65. The summed E-state index contributed by atoms with van der Waals surface area (Å²) in [6.07, 6.45) is 0.423. The number of hydrogen-bond donors (Lipinski definition) is 1. The molecule has 0 saturated heterocycles. The van der Waals surface area contributed by atoms with Gasteiger partial charge in [-0.2, -0.15) is 0 Å². The molecule has 0 fully saturated rings. The number of para-hydroxylation sites is 1. The van der Waals surface area contributed by atoms with Crippen LogP contribution >= 0.6 is 0 Å². The molecule has 1 heterocycles. The molecule has 0 aliphatic heterocycles. The minimum absolute atomic E-state index is 0.0461. The molecule has 7 heteroatoms. The highest BCUT2D eigenvalue weighted by molar-refractivity contribution is 5.94. The van der Waals surface area contributed by atoms with Crippen molar-refractivity contribution >= 4 is 34.2 Å². The SMILES string of the molecule is CCC(=O)Nc1ccc(N(C)C(=O)Cn2nnc3ccccc32)cc1. The van der Waals surface area contributed by atoms with Crippen LogP contribution in [0.3, 0.4) is 0 Å². The van der Waals surface area contributed by atoms with Gasteiger partial charge in [-0.25, -0.2) is 4.68 Å². The number of hydrogen-bond acceptors (Lipinski definition) is 4. The van der Waals surface area contributed by atoms with Gasteiger partial charge in [-0.1, -0.05) is 24.3 Å². The fourth-order valence-electron chi connectivity index (χ4n) is 2.43. The van der Waals surface area contributed by atoms with Gasteiger partial charge >= 0.3 is 0 Å². The lowest BCUT2D eigenvalue weighted by Gasteiger charge is -2.18. The Labute approximate surface area is 145 Å². The Kier molecular flexibility index (Phi) is 4.74. The standard InChI is InChI=1S/C18H19N5O2/c1-3-17(24)19-13-8-10-14(11-9-13)22(2)18(25)12-23-16-7-5-4-6-15(16)20-21-23/h4-11H,3,12H2,1-2H3,(H,19,24). The summed E-state index contributed by atoms with van der Waals surface area (Å²) in [5.74, 6) is -0.156. The van der Waals surface area contributed by atoms with Crippen LogP contribution in [-0.2, 0) is 16.1 Å². The third-order valence-electron chi connectivity index (χ3n) is 3.94. The second-order valence-electron chi connectivity index (χ2n) is 5.64. The number of likely N-dealkylation sites (N-methyl/N-ethyl adjacent to an activating group) is 1. The summed E-state index contributed by atoms with van der Waals surface area (Å²) in [4.78, 5) is 25.5. The molecule has 2 aromatic carbocycles. The van der Waals surface area contributed by atoms with E-state index in [1.165, 1.54) is 0 Å². The summed E-state index contributed by atoms with van der Waals surface area (Å²) >= 11 is 0. The Balaban J connectivity index is 1.70. The van der Waals surface area contributed by atoms with Crippen molar-refractivity contribution in [2.45, 2.75) is 19.9 Å². The van der Waals surface area contributed by atoms with Gasteiger partial charge in [0.25, 0.3) is 0 Å². The average Bonchev–Trinajstić information content (AvgIpc) is 3.04. The van der Waals surface area contributed by atoms with Crippen molar-refractivity contribution in [3.63, 3.8) is 0 Å². The zero-order chi connectivity index (χ0) is 17.8. The van der Waals surface area contributed by atoms with E-state index in [9.17, 15) is 9.59 Å². The first-order valence-electron chi connectivity index (χ1n) is 8.03. The zero-order valence-electron chi connectivity index (χ0n) is 14.1. The molecule has 7 nitrogen and oxygen atoms in total. The number of carbonyl (C=O) groups excluding carboxylic acids is 2. The predicted octanol–water partition coefficient (Wildman–Crippen LogP) is 2.44. The topological polar surface area (TPSA) is 80.1 Å². The largest absolute Gasteiger partial charge is 0.326 e. The molecule has 128 valence electrons. The molecule has 1 aromatic heterocycles. The monoisotopic (exact) mass is 337 g/mol. The number of rotatable bonds is 5. The van der Waals surface area contributed by atoms with Gasteiger partial charge in [-0.3, -0.25) is 9.59 Å². The lowest BCUT2D eigenvalue weighted by Crippen LogP contribution is -2.30. The van der Waals surface area contributed by atoms with Crippen LogP contribution in [0.15, 0.2) is 48.5 Å². The van der Waals surface area contributed by atoms with Crippen LogP contribution in [0.5, 0.6) is 0 Å². The van der Waals surface area contributed by atoms with Gasteiger partial charge in [-0.05, 0) is 36.4 Å². The summed E-state index contributed by atoms with van der Waals surface area (Å²) in [6.45, 7) is 1.90. The number of fused-ring (bicyclic) bond motifs is 1. The van der Waals surface area contributed by atoms with E-state index in [0.717, 1.165) is 16.7 Å². The van der Waals surface area contributed by atoms with Crippen LogP contribution in [0.1, 0.15) is 13.3 Å². The van der Waals surface area contributed by atoms with Crippen molar-refractivity contribution < 1.29 is 9.59 Å². The summed E-state index contributed by atoms with van der Waals surface area (Å²) in [7, 11) is 1.71. The second kappa shape index (κ2) is 7.12. The van der Waals surface area contributed by atoms with Crippen molar-refractivity contribution in [1.82, 2.24) is 15.0 Å². The van der Waals surface area contributed by atoms with Crippen molar-refractivity contribution in [1.29, 1.82) is 0 Å². The molecule has 0 spiro atoms. The molecule has 0 aliphatic carbocycles. The normalized spacial score (nSPS) is 10.6. The first kappa shape index (κ1) is 16.6. The minimum atomic E-state index is -0.110. The van der Waals surface area contributed by atoms with Crippen molar-refractivity contribution in [3.8, 4) is 0 Å². The van der Waals surface area contributed by atoms with Gasteiger partial charge in [-0.15, -0.1) is 5.10 Å². The quantitative estimate of drug-likeness (QED) is 0.775. The maximum Gasteiger partial charge on any atom is 0.248 e. The molecule has 0 aliphatic rings. The smallest absolute Gasteiger partial charge is 0.248 e. The molecule has 0 saturated carbocycles. The first-order valence-corrected chi connectivity index (χ1v) is 8.03. The summed E-state index contributed by atoms with van der Waals surface area (Å²) in [5, 5.41) is 10.9. The van der Waals surface area contributed by atoms with Gasteiger partial charge in [0.1, 0.15) is 12.1 Å². The van der Waals surface area contributed by atoms with E-state index in [0.29, 0.717) is 12.1 Å². The average molecular weight is 337 g/mol. The number of amides is 2. The van der Waals surface area contributed by atoms with Crippen molar-refractivity contribution in [2.24, 2.45) is 0 Å². The van der Waals surface area contributed by atoms with Crippen LogP contribution in [0.2, 0.25) is 0 Å². The Hall–Kier alpha value is -3.22. The minimum Gasteiger partial charge on any atom is -0.326 e. The summed E-state index contributed by atoms with van der Waals surface area (Å²) < 4.78 is 1.59. The van der Waals surface area contributed by atoms with Crippen molar-refractivity contribution in [3.05, 3.63) is 48.5 Å². The number of nitrogens with zero attached hydrogens (tertiary/aromatic N) is 4. The summed E-state index contributed by atoms with van der Waals surface area (Å²) in [5.41, 5.74) is 3.03. The first-order chi connectivity index (χ1) is 12.1. The molecular weight excluding hydrogens is 318 g/mol. The van der Waals surface area contributed by atoms with E-state index >= 15 is 0 Å². The van der Waals surface area contributed by atoms with E-state index in [-0.39, 0.29) is 18.4 Å². The highest BCUT2D eigenvalue weighted by atomic mass is 16.2. The van der Waals surface area contributed by atoms with E-state index in [2.05, 4.69) is 15.6 Å². The fraction of sp³-hybridized carbons (Fsp3) is 0.222. The van der Waals surface area contributed by atoms with Gasteiger partial charge < -0.3 is 10.2 Å². The lowest BCUT2D eigenvalue weighted by molar-refractivity contribution is -0.119. The molecule has 0 atom stereocenters. The predicted molar refractivity (Wildman–Crippen MR) is 96.3 cm³/mol. The van der Waals surface area contributed by atoms with Crippen LogP contribution in [-0.4, -0.2) is 33.9 Å². The Morgan fingerprint density at radius 1 is 1.12 bits per heavy atom. The molecule has 25 heavy (non-hydrogen) atoms. The molecule has 3 rings (SSSR count). The van der Waals surface area contributed by atoms with Crippen LogP contribution in [0, 0.1) is 0 Å². The fourth-order valence-corrected chi connectivity index (χ4v) is 2.43. The Morgan fingerprint density at radius 3 is 2.56 bits per heavy atom. The highest BCUT2D eigenvalue weighted by Crippen LogP contribution is 2.18. The molecule has 0 bridgehead atoms. The Bertz CT molecular complexity index is 901. The summed E-state index contributed by atoms with van der Waals surface area (Å²) in [6, 6.07) is 14.7. The zero-order valence-corrected chi connectivity index (χ0v) is 14.1. The van der Waals surface area contributed by atoms with Crippen LogP contribution in [0.4, 0.5) is 11.4 Å². The maximum absolute atomic E-state index is 12.5. The van der Waals surface area contributed by atoms with Crippen LogP contribution in [0.25, 0.3) is 11.0 Å². The molecule has 0 unspecified atom stereocenters. The van der Waals surface area contributed by atoms with Gasteiger partial charge in [0.05, 0.1) is 5.52 Å². The number of carbonyl (C=O) groups is 2. The molecule has 3 aromatic rings. The number of anilines is 2. The highest BCUT2D eigenvalue weighted by Gasteiger charge is 2.14. The van der Waals surface area contributed by atoms with Crippen LogP contribution < -0.4 is 10.2 Å². The van der Waals surface area contributed by atoms with E-state index in [1.54, 1.807) is 47.8 Å². The molecule has 1 N–H and O–H groups in total. The number of aromatic nitrogens is 3.